The number of nitrogens with zero attached hydrogens (tertiary/aromatic N) is 4. The Morgan fingerprint density at radius 1 is 0.982 bits per heavy atom. The lowest BCUT2D eigenvalue weighted by atomic mass is 9.82. The van der Waals surface area contributed by atoms with E-state index in [0.29, 0.717) is 4.31 Å². The van der Waals surface area contributed by atoms with E-state index in [0.717, 1.165) is 29.9 Å². The number of carbonyl (C=O) groups is 3. The summed E-state index contributed by atoms with van der Waals surface area (Å²) in [5.74, 6) is -3.11. The number of hydrogen-bond acceptors (Lipinski definition) is 11. The summed E-state index contributed by atoms with van der Waals surface area (Å²) in [6.07, 6.45) is -3.82. The zero-order valence-electron chi connectivity index (χ0n) is 30.6. The van der Waals surface area contributed by atoms with Crippen molar-refractivity contribution in [2.24, 2.45) is 0 Å². The molecule has 4 aromatic rings. The van der Waals surface area contributed by atoms with Crippen LogP contribution < -0.4 is 23.8 Å². The van der Waals surface area contributed by atoms with E-state index in [1.807, 2.05) is 0 Å². The Balaban J connectivity index is 1.74. The molecule has 2 atom stereocenters. The van der Waals surface area contributed by atoms with E-state index in [2.05, 4.69) is 15.0 Å². The maximum absolute atomic E-state index is 15.3. The van der Waals surface area contributed by atoms with Gasteiger partial charge in [0.15, 0.2) is 11.3 Å². The van der Waals surface area contributed by atoms with Crippen LogP contribution in [0.3, 0.4) is 0 Å². The summed E-state index contributed by atoms with van der Waals surface area (Å²) in [4.78, 5) is 46.6. The highest BCUT2D eigenvalue weighted by Crippen LogP contribution is 2.51. The third kappa shape index (κ3) is 8.20. The number of hydrogen-bond donors (Lipinski definition) is 1. The molecule has 1 aliphatic heterocycles. The van der Waals surface area contributed by atoms with Crippen LogP contribution in [0.15, 0.2) is 78.1 Å². The van der Waals surface area contributed by atoms with Crippen LogP contribution in [0.5, 0.6) is 17.2 Å². The Bertz CT molecular complexity index is 2240. The van der Waals surface area contributed by atoms with Crippen LogP contribution in [0, 0.1) is 0 Å². The molecule has 19 heteroatoms. The van der Waals surface area contributed by atoms with Gasteiger partial charge in [0.2, 0.25) is 5.91 Å². The highest BCUT2D eigenvalue weighted by molar-refractivity contribution is 7.93. The first-order valence-corrected chi connectivity index (χ1v) is 18.2. The largest absolute Gasteiger partial charge is 0.573 e. The van der Waals surface area contributed by atoms with Gasteiger partial charge < -0.3 is 23.8 Å². The maximum atomic E-state index is 15.3. The minimum Gasteiger partial charge on any atom is -0.497 e. The minimum atomic E-state index is -5.34. The van der Waals surface area contributed by atoms with E-state index in [9.17, 15) is 31.2 Å². The number of sulfonamides is 1. The van der Waals surface area contributed by atoms with Crippen LogP contribution >= 0.6 is 11.6 Å². The molecular formula is C36H37ClF3N5O9S. The Labute approximate surface area is 319 Å². The number of methoxy groups -OCH3 is 2. The summed E-state index contributed by atoms with van der Waals surface area (Å²) < 4.78 is 91.8. The molecular weight excluding hydrogens is 771 g/mol. The van der Waals surface area contributed by atoms with Gasteiger partial charge in [0, 0.05) is 48.9 Å². The van der Waals surface area contributed by atoms with E-state index >= 15 is 4.79 Å². The molecule has 1 unspecified atom stereocenters. The monoisotopic (exact) mass is 807 g/mol. The number of benzene rings is 3. The molecule has 14 nitrogen and oxygen atoms in total. The predicted octanol–water partition coefficient (Wildman–Crippen LogP) is 5.50. The lowest BCUT2D eigenvalue weighted by Gasteiger charge is -2.35. The van der Waals surface area contributed by atoms with Gasteiger partial charge in [-0.15, -0.1) is 13.2 Å². The fourth-order valence-electron chi connectivity index (χ4n) is 6.03. The Morgan fingerprint density at radius 2 is 1.67 bits per heavy atom. The SMILES string of the molecule is COc1ccc(S(=O)(=O)N2C(=O)C(N[C@@H](Cc3cn(C(=O)OC(C)(C)C)cn3)C(=O)N(C)C)(c3ccccc3OC)c3cc(Cl)ccc32)c(OC(F)(F)F)c1. The summed E-state index contributed by atoms with van der Waals surface area (Å²) in [7, 11) is 0.0994. The number of halogens is 4. The minimum absolute atomic E-state index is 0.0288. The summed E-state index contributed by atoms with van der Waals surface area (Å²) in [6, 6.07) is 11.1. The standard InChI is InChI=1S/C36H37ClF3N5O9S/c1-34(2,3)54-33(48)44-19-22(41-20-44)17-26(31(46)43(4)5)42-35(24-10-8-9-11-28(24)52-7)25-16-21(37)12-14-27(25)45(32(35)47)55(49,50)30-15-13-23(51-6)18-29(30)53-36(38,39)40/h8-16,18-20,26,42H,17H2,1-7H3/t26-,35?/m0/s1. The number of alkyl halides is 3. The summed E-state index contributed by atoms with van der Waals surface area (Å²) in [5, 5.41) is 3.15. The van der Waals surface area contributed by atoms with Gasteiger partial charge in [0.25, 0.3) is 15.9 Å². The van der Waals surface area contributed by atoms with Crippen molar-refractivity contribution in [1.29, 1.82) is 0 Å². The van der Waals surface area contributed by atoms with Gasteiger partial charge in [-0.3, -0.25) is 14.9 Å². The molecule has 294 valence electrons. The molecule has 5 rings (SSSR count). The lowest BCUT2D eigenvalue weighted by Crippen LogP contribution is -2.59. The number of aromatic nitrogens is 2. The molecule has 1 aliphatic rings. The van der Waals surface area contributed by atoms with Crippen molar-refractivity contribution in [3.8, 4) is 17.2 Å². The Morgan fingerprint density at radius 3 is 2.29 bits per heavy atom. The summed E-state index contributed by atoms with van der Waals surface area (Å²) in [6.45, 7) is 5.04. The number of likely N-dealkylation sites (N-methyl/N-ethyl adjacent to an activating group) is 1. The van der Waals surface area contributed by atoms with Crippen LogP contribution in [0.4, 0.5) is 23.7 Å². The average Bonchev–Trinajstić information content (AvgIpc) is 3.66. The zero-order valence-corrected chi connectivity index (χ0v) is 32.2. The second-order valence-corrected chi connectivity index (χ2v) is 15.6. The third-order valence-electron chi connectivity index (χ3n) is 8.28. The van der Waals surface area contributed by atoms with Crippen LogP contribution in [0.1, 0.15) is 37.6 Å². The van der Waals surface area contributed by atoms with Gasteiger partial charge in [-0.2, -0.15) is 0 Å². The van der Waals surface area contributed by atoms with E-state index in [1.54, 1.807) is 32.9 Å². The molecule has 1 N–H and O–H groups in total. The highest BCUT2D eigenvalue weighted by atomic mass is 35.5. The number of imidazole rings is 1. The Hall–Kier alpha value is -5.33. The lowest BCUT2D eigenvalue weighted by molar-refractivity contribution is -0.275. The normalized spacial score (nSPS) is 16.3. The highest BCUT2D eigenvalue weighted by Gasteiger charge is 2.59. The van der Waals surface area contributed by atoms with E-state index in [1.165, 1.54) is 69.0 Å². The van der Waals surface area contributed by atoms with Crippen molar-refractivity contribution in [2.75, 3.05) is 32.6 Å². The Kier molecular flexibility index (Phi) is 11.2. The number of rotatable bonds is 11. The van der Waals surface area contributed by atoms with Crippen LogP contribution in [0.25, 0.3) is 0 Å². The van der Waals surface area contributed by atoms with Crippen molar-refractivity contribution in [3.63, 3.8) is 0 Å². The van der Waals surface area contributed by atoms with Gasteiger partial charge in [-0.1, -0.05) is 29.8 Å². The molecule has 0 saturated heterocycles. The van der Waals surface area contributed by atoms with Gasteiger partial charge >= 0.3 is 12.5 Å². The van der Waals surface area contributed by atoms with Crippen molar-refractivity contribution in [2.45, 2.75) is 55.6 Å². The molecule has 0 bridgehead atoms. The van der Waals surface area contributed by atoms with Crippen molar-refractivity contribution in [3.05, 3.63) is 95.0 Å². The van der Waals surface area contributed by atoms with Crippen LogP contribution in [0.2, 0.25) is 5.02 Å². The number of fused-ring (bicyclic) bond motifs is 1. The van der Waals surface area contributed by atoms with Crippen molar-refractivity contribution < 1.29 is 54.9 Å². The summed E-state index contributed by atoms with van der Waals surface area (Å²) in [5.41, 5.74) is -3.31. The molecule has 1 aromatic heterocycles. The summed E-state index contributed by atoms with van der Waals surface area (Å²) >= 11 is 6.50. The van der Waals surface area contributed by atoms with Crippen molar-refractivity contribution >= 4 is 45.2 Å². The number of ether oxygens (including phenoxy) is 4. The average molecular weight is 808 g/mol. The maximum Gasteiger partial charge on any atom is 0.573 e. The van der Waals surface area contributed by atoms with Crippen molar-refractivity contribution in [1.82, 2.24) is 19.8 Å². The molecule has 0 spiro atoms. The third-order valence-corrected chi connectivity index (χ3v) is 10.2. The fraction of sp³-hybridized carbons (Fsp3) is 0.333. The van der Waals surface area contributed by atoms with E-state index < -0.39 is 62.1 Å². The molecule has 0 fully saturated rings. The quantitative estimate of drug-likeness (QED) is 0.204. The van der Waals surface area contributed by atoms with E-state index in [4.69, 9.17) is 25.8 Å². The molecule has 55 heavy (non-hydrogen) atoms. The van der Waals surface area contributed by atoms with Gasteiger partial charge in [-0.05, 0) is 57.2 Å². The van der Waals surface area contributed by atoms with Crippen LogP contribution in [-0.4, -0.2) is 87.1 Å². The molecule has 0 aliphatic carbocycles. The number of carbonyl (C=O) groups excluding carboxylic acids is 3. The first-order valence-electron chi connectivity index (χ1n) is 16.3. The number of anilines is 1. The van der Waals surface area contributed by atoms with Gasteiger partial charge in [0.1, 0.15) is 28.3 Å². The van der Waals surface area contributed by atoms with Gasteiger partial charge in [-0.25, -0.2) is 27.1 Å². The molecule has 2 heterocycles. The first-order chi connectivity index (χ1) is 25.6. The number of nitrogens with one attached hydrogen (secondary N) is 1. The predicted molar refractivity (Wildman–Crippen MR) is 193 cm³/mol. The fourth-order valence-corrected chi connectivity index (χ4v) is 7.77. The van der Waals surface area contributed by atoms with Crippen LogP contribution in [-0.2, 0) is 36.3 Å². The van der Waals surface area contributed by atoms with E-state index in [-0.39, 0.29) is 45.5 Å². The smallest absolute Gasteiger partial charge is 0.497 e. The number of amides is 2. The first kappa shape index (κ1) is 40.8. The zero-order chi connectivity index (χ0) is 40.7. The van der Waals surface area contributed by atoms with Gasteiger partial charge in [0.05, 0.1) is 31.6 Å². The molecule has 2 amide bonds. The number of para-hydroxylation sites is 1. The molecule has 0 saturated carbocycles. The second kappa shape index (κ2) is 15.1. The molecule has 0 radical (unpaired) electrons. The second-order valence-electron chi connectivity index (χ2n) is 13.4. The topological polar surface area (TPSA) is 159 Å². The molecule has 3 aromatic carbocycles.